The maximum absolute atomic E-state index is 5.64. The summed E-state index contributed by atoms with van der Waals surface area (Å²) in [6, 6.07) is 1.95. The SMILES string of the molecule is CCc1cc(-c2nnc(-c3snnc3C)o2)nn1C. The molecule has 0 spiro atoms. The second kappa shape index (κ2) is 4.54. The van der Waals surface area contributed by atoms with E-state index in [2.05, 4.69) is 31.8 Å². The van der Waals surface area contributed by atoms with E-state index in [0.29, 0.717) is 17.5 Å². The highest BCUT2D eigenvalue weighted by atomic mass is 32.1. The molecule has 0 fully saturated rings. The van der Waals surface area contributed by atoms with Gasteiger partial charge in [0.05, 0.1) is 5.69 Å². The van der Waals surface area contributed by atoms with Gasteiger partial charge in [-0.25, -0.2) is 0 Å². The fraction of sp³-hybridized carbons (Fsp3) is 0.364. The van der Waals surface area contributed by atoms with E-state index in [-0.39, 0.29) is 0 Å². The van der Waals surface area contributed by atoms with Crippen LogP contribution in [0.5, 0.6) is 0 Å². The molecule has 98 valence electrons. The first-order valence-electron chi connectivity index (χ1n) is 5.85. The minimum absolute atomic E-state index is 0.415. The molecular formula is C11H12N6OS. The van der Waals surface area contributed by atoms with E-state index in [1.807, 2.05) is 24.7 Å². The van der Waals surface area contributed by atoms with Gasteiger partial charge in [0.1, 0.15) is 10.6 Å². The third-order valence-corrected chi connectivity index (χ3v) is 3.64. The summed E-state index contributed by atoms with van der Waals surface area (Å²) < 4.78 is 11.3. The van der Waals surface area contributed by atoms with Crippen LogP contribution in [0, 0.1) is 6.92 Å². The largest absolute Gasteiger partial charge is 0.414 e. The highest BCUT2D eigenvalue weighted by molar-refractivity contribution is 7.09. The Morgan fingerprint density at radius 1 is 1.26 bits per heavy atom. The lowest BCUT2D eigenvalue weighted by Gasteiger charge is -1.92. The van der Waals surface area contributed by atoms with E-state index in [9.17, 15) is 0 Å². The Bertz CT molecular complexity index is 712. The van der Waals surface area contributed by atoms with Crippen LogP contribution in [0.1, 0.15) is 18.3 Å². The summed E-state index contributed by atoms with van der Waals surface area (Å²) in [6.45, 7) is 3.94. The smallest absolute Gasteiger partial charge is 0.268 e. The molecule has 0 unspecified atom stereocenters. The van der Waals surface area contributed by atoms with Crippen LogP contribution in [0.4, 0.5) is 0 Å². The number of aryl methyl sites for hydroxylation is 3. The van der Waals surface area contributed by atoms with Gasteiger partial charge in [0.15, 0.2) is 0 Å². The fourth-order valence-corrected chi connectivity index (χ4v) is 2.37. The molecule has 0 aliphatic rings. The molecule has 0 radical (unpaired) electrons. The molecule has 0 N–H and O–H groups in total. The number of nitrogens with zero attached hydrogens (tertiary/aromatic N) is 6. The summed E-state index contributed by atoms with van der Waals surface area (Å²) in [5, 5.41) is 16.3. The molecule has 0 atom stereocenters. The first-order chi connectivity index (χ1) is 9.19. The monoisotopic (exact) mass is 276 g/mol. The molecule has 0 aromatic carbocycles. The van der Waals surface area contributed by atoms with E-state index in [0.717, 1.165) is 22.7 Å². The molecular weight excluding hydrogens is 264 g/mol. The molecule has 3 aromatic heterocycles. The first kappa shape index (κ1) is 12.0. The lowest BCUT2D eigenvalue weighted by Crippen LogP contribution is -1.95. The van der Waals surface area contributed by atoms with Crippen molar-refractivity contribution >= 4 is 11.5 Å². The van der Waals surface area contributed by atoms with Crippen LogP contribution < -0.4 is 0 Å². The zero-order chi connectivity index (χ0) is 13.4. The fourth-order valence-electron chi connectivity index (χ4n) is 1.79. The third kappa shape index (κ3) is 2.03. The van der Waals surface area contributed by atoms with E-state index in [1.165, 1.54) is 11.5 Å². The van der Waals surface area contributed by atoms with Crippen molar-refractivity contribution < 1.29 is 4.42 Å². The van der Waals surface area contributed by atoms with Crippen LogP contribution in [0.3, 0.4) is 0 Å². The summed E-state index contributed by atoms with van der Waals surface area (Å²) in [5.41, 5.74) is 2.59. The van der Waals surface area contributed by atoms with Crippen LogP contribution in [0.2, 0.25) is 0 Å². The van der Waals surface area contributed by atoms with Crippen molar-refractivity contribution in [2.24, 2.45) is 7.05 Å². The first-order valence-corrected chi connectivity index (χ1v) is 6.62. The lowest BCUT2D eigenvalue weighted by molar-refractivity contribution is 0.580. The van der Waals surface area contributed by atoms with Crippen LogP contribution in [-0.2, 0) is 13.5 Å². The van der Waals surface area contributed by atoms with Gasteiger partial charge in [-0.2, -0.15) is 5.10 Å². The van der Waals surface area contributed by atoms with Gasteiger partial charge in [-0.3, -0.25) is 4.68 Å². The molecule has 0 saturated heterocycles. The molecule has 0 aliphatic heterocycles. The molecule has 3 heterocycles. The summed E-state index contributed by atoms with van der Waals surface area (Å²) in [6.07, 6.45) is 0.905. The van der Waals surface area contributed by atoms with Crippen LogP contribution in [0.15, 0.2) is 10.5 Å². The van der Waals surface area contributed by atoms with E-state index >= 15 is 0 Å². The summed E-state index contributed by atoms with van der Waals surface area (Å²) in [4.78, 5) is 0.797. The maximum atomic E-state index is 5.64. The average molecular weight is 276 g/mol. The van der Waals surface area contributed by atoms with E-state index in [4.69, 9.17) is 4.42 Å². The molecule has 3 aromatic rings. The molecule has 0 aliphatic carbocycles. The van der Waals surface area contributed by atoms with Gasteiger partial charge in [0, 0.05) is 12.7 Å². The Labute approximate surface area is 113 Å². The van der Waals surface area contributed by atoms with Crippen molar-refractivity contribution in [3.63, 3.8) is 0 Å². The van der Waals surface area contributed by atoms with Crippen molar-refractivity contribution in [3.05, 3.63) is 17.5 Å². The van der Waals surface area contributed by atoms with Gasteiger partial charge in [0.25, 0.3) is 11.8 Å². The van der Waals surface area contributed by atoms with Crippen LogP contribution in [0.25, 0.3) is 22.4 Å². The minimum Gasteiger partial charge on any atom is -0.414 e. The highest BCUT2D eigenvalue weighted by Crippen LogP contribution is 2.27. The Kier molecular flexibility index (Phi) is 2.86. The number of rotatable bonds is 3. The Morgan fingerprint density at radius 3 is 2.68 bits per heavy atom. The molecule has 0 saturated carbocycles. The van der Waals surface area contributed by atoms with Gasteiger partial charge in [-0.05, 0) is 30.9 Å². The Morgan fingerprint density at radius 2 is 2.05 bits per heavy atom. The summed E-state index contributed by atoms with van der Waals surface area (Å²) in [7, 11) is 1.90. The predicted molar refractivity (Wildman–Crippen MR) is 69.5 cm³/mol. The van der Waals surface area contributed by atoms with Crippen molar-refractivity contribution in [3.8, 4) is 22.4 Å². The molecule has 7 nitrogen and oxygen atoms in total. The quantitative estimate of drug-likeness (QED) is 0.726. The summed E-state index contributed by atoms with van der Waals surface area (Å²) >= 11 is 1.24. The molecule has 3 rings (SSSR count). The van der Waals surface area contributed by atoms with Crippen molar-refractivity contribution in [1.82, 2.24) is 29.6 Å². The summed E-state index contributed by atoms with van der Waals surface area (Å²) in [5.74, 6) is 0.851. The van der Waals surface area contributed by atoms with Gasteiger partial charge in [-0.15, -0.1) is 15.3 Å². The van der Waals surface area contributed by atoms with Crippen LogP contribution in [-0.4, -0.2) is 29.6 Å². The zero-order valence-electron chi connectivity index (χ0n) is 10.8. The van der Waals surface area contributed by atoms with Crippen molar-refractivity contribution in [2.45, 2.75) is 20.3 Å². The van der Waals surface area contributed by atoms with Gasteiger partial charge in [0.2, 0.25) is 0 Å². The molecule has 0 amide bonds. The Balaban J connectivity index is 1.99. The standard InChI is InChI=1S/C11H12N6OS/c1-4-7-5-8(15-17(7)3)10-13-14-11(18-10)9-6(2)12-16-19-9/h5H,4H2,1-3H3. The maximum Gasteiger partial charge on any atom is 0.268 e. The lowest BCUT2D eigenvalue weighted by atomic mass is 10.3. The molecule has 19 heavy (non-hydrogen) atoms. The van der Waals surface area contributed by atoms with Gasteiger partial charge < -0.3 is 4.42 Å². The van der Waals surface area contributed by atoms with Crippen LogP contribution >= 0.6 is 11.5 Å². The number of hydrogen-bond donors (Lipinski definition) is 0. The molecule has 8 heteroatoms. The third-order valence-electron chi connectivity index (χ3n) is 2.83. The molecule has 0 bridgehead atoms. The number of aromatic nitrogens is 6. The second-order valence-electron chi connectivity index (χ2n) is 4.10. The van der Waals surface area contributed by atoms with E-state index in [1.54, 1.807) is 0 Å². The average Bonchev–Trinajstić information content (AvgIpc) is 3.07. The minimum atomic E-state index is 0.415. The zero-order valence-corrected chi connectivity index (χ0v) is 11.6. The highest BCUT2D eigenvalue weighted by Gasteiger charge is 2.17. The van der Waals surface area contributed by atoms with E-state index < -0.39 is 0 Å². The Hall–Kier alpha value is -2.09. The van der Waals surface area contributed by atoms with Gasteiger partial charge in [-0.1, -0.05) is 11.4 Å². The van der Waals surface area contributed by atoms with Crippen molar-refractivity contribution in [1.29, 1.82) is 0 Å². The normalized spacial score (nSPS) is 11.1. The second-order valence-corrected chi connectivity index (χ2v) is 4.85. The van der Waals surface area contributed by atoms with Crippen molar-refractivity contribution in [2.75, 3.05) is 0 Å². The number of hydrogen-bond acceptors (Lipinski definition) is 7. The predicted octanol–water partition coefficient (Wildman–Crippen LogP) is 1.86. The topological polar surface area (TPSA) is 82.5 Å². The van der Waals surface area contributed by atoms with Gasteiger partial charge >= 0.3 is 0 Å².